The number of piperidine rings is 1. The van der Waals surface area contributed by atoms with E-state index in [9.17, 15) is 9.00 Å². The largest absolute Gasteiger partial charge is 0.356 e. The Morgan fingerprint density at radius 3 is 2.88 bits per heavy atom. The van der Waals surface area contributed by atoms with E-state index in [1.807, 2.05) is 6.92 Å². The first-order valence-electron chi connectivity index (χ1n) is 6.34. The third-order valence-corrected chi connectivity index (χ3v) is 4.78. The van der Waals surface area contributed by atoms with Gasteiger partial charge in [-0.25, -0.2) is 0 Å². The lowest BCUT2D eigenvalue weighted by atomic mass is 9.92. The molecule has 0 bridgehead atoms. The molecule has 2 N–H and O–H groups in total. The van der Waals surface area contributed by atoms with Crippen LogP contribution in [-0.2, 0) is 15.6 Å². The van der Waals surface area contributed by atoms with E-state index in [-0.39, 0.29) is 17.1 Å². The Hall–Kier alpha value is -0.420. The average Bonchev–Trinajstić information content (AvgIpc) is 2.28. The number of amides is 1. The highest BCUT2D eigenvalue weighted by molar-refractivity contribution is 7.84. The van der Waals surface area contributed by atoms with Crippen molar-refractivity contribution in [3.63, 3.8) is 0 Å². The maximum absolute atomic E-state index is 11.9. The van der Waals surface area contributed by atoms with Gasteiger partial charge in [-0.1, -0.05) is 6.92 Å². The molecular weight excluding hydrogens is 236 g/mol. The zero-order valence-corrected chi connectivity index (χ0v) is 11.8. The topological polar surface area (TPSA) is 58.2 Å². The van der Waals surface area contributed by atoms with E-state index in [1.165, 1.54) is 0 Å². The van der Waals surface area contributed by atoms with Gasteiger partial charge >= 0.3 is 0 Å². The molecule has 1 fully saturated rings. The molecule has 0 aliphatic carbocycles. The highest BCUT2D eigenvalue weighted by Crippen LogP contribution is 2.15. The normalized spacial score (nSPS) is 28.4. The van der Waals surface area contributed by atoms with Crippen LogP contribution < -0.4 is 10.6 Å². The van der Waals surface area contributed by atoms with Crippen molar-refractivity contribution >= 4 is 16.7 Å². The lowest BCUT2D eigenvalue weighted by Crippen LogP contribution is -2.42. The Balaban J connectivity index is 2.22. The molecule has 1 rings (SSSR count). The molecule has 1 aliphatic heterocycles. The molecule has 1 amide bonds. The lowest BCUT2D eigenvalue weighted by molar-refractivity contribution is -0.126. The van der Waals surface area contributed by atoms with Gasteiger partial charge in [-0.15, -0.1) is 0 Å². The van der Waals surface area contributed by atoms with E-state index >= 15 is 0 Å². The van der Waals surface area contributed by atoms with Gasteiger partial charge in [0.1, 0.15) is 0 Å². The molecule has 1 heterocycles. The van der Waals surface area contributed by atoms with Gasteiger partial charge in [0.15, 0.2) is 0 Å². The molecule has 0 radical (unpaired) electrons. The third kappa shape index (κ3) is 5.17. The number of rotatable bonds is 5. The smallest absolute Gasteiger partial charge is 0.223 e. The first kappa shape index (κ1) is 14.6. The maximum atomic E-state index is 11.9. The fraction of sp³-hybridized carbons (Fsp3) is 0.917. The van der Waals surface area contributed by atoms with Crippen LogP contribution in [-0.4, -0.2) is 40.8 Å². The Kier molecular flexibility index (Phi) is 6.12. The molecule has 0 aromatic rings. The second-order valence-corrected chi connectivity index (χ2v) is 6.77. The van der Waals surface area contributed by atoms with E-state index in [0.717, 1.165) is 25.8 Å². The summed E-state index contributed by atoms with van der Waals surface area (Å²) < 4.78 is 11.2. The van der Waals surface area contributed by atoms with Gasteiger partial charge in [0.05, 0.1) is 0 Å². The zero-order valence-electron chi connectivity index (χ0n) is 11.0. The van der Waals surface area contributed by atoms with Crippen molar-refractivity contribution in [2.45, 2.75) is 44.4 Å². The van der Waals surface area contributed by atoms with Crippen LogP contribution in [0.2, 0.25) is 0 Å². The first-order chi connectivity index (χ1) is 8.00. The minimum atomic E-state index is -0.797. The van der Waals surface area contributed by atoms with E-state index in [0.29, 0.717) is 12.6 Å². The van der Waals surface area contributed by atoms with Crippen LogP contribution in [0, 0.1) is 5.92 Å². The van der Waals surface area contributed by atoms with Crippen LogP contribution in [0.4, 0.5) is 0 Å². The predicted octanol–water partition coefficient (Wildman–Crippen LogP) is 0.648. The van der Waals surface area contributed by atoms with Crippen molar-refractivity contribution in [2.75, 3.05) is 19.3 Å². The van der Waals surface area contributed by atoms with Gasteiger partial charge in [-0.3, -0.25) is 9.00 Å². The average molecular weight is 260 g/mol. The Morgan fingerprint density at radius 1 is 1.59 bits per heavy atom. The Labute approximate surface area is 106 Å². The van der Waals surface area contributed by atoms with Crippen LogP contribution in [0.25, 0.3) is 0 Å². The van der Waals surface area contributed by atoms with Crippen molar-refractivity contribution in [1.82, 2.24) is 10.6 Å². The summed E-state index contributed by atoms with van der Waals surface area (Å²) in [6.45, 7) is 5.63. The summed E-state index contributed by atoms with van der Waals surface area (Å²) >= 11 is 0. The van der Waals surface area contributed by atoms with Crippen molar-refractivity contribution in [1.29, 1.82) is 0 Å². The second kappa shape index (κ2) is 7.11. The predicted molar refractivity (Wildman–Crippen MR) is 71.3 cm³/mol. The summed E-state index contributed by atoms with van der Waals surface area (Å²) in [5.74, 6) is 0.307. The van der Waals surface area contributed by atoms with E-state index in [2.05, 4.69) is 17.6 Å². The maximum Gasteiger partial charge on any atom is 0.223 e. The fourth-order valence-corrected chi connectivity index (χ4v) is 2.53. The van der Waals surface area contributed by atoms with E-state index in [1.54, 1.807) is 6.26 Å². The van der Waals surface area contributed by atoms with Gasteiger partial charge in [0.2, 0.25) is 5.91 Å². The van der Waals surface area contributed by atoms with Gasteiger partial charge in [0.25, 0.3) is 0 Å². The minimum absolute atomic E-state index is 0.147. The molecular formula is C12H24N2O2S. The lowest BCUT2D eigenvalue weighted by Gasteiger charge is -2.27. The third-order valence-electron chi connectivity index (χ3n) is 3.41. The van der Waals surface area contributed by atoms with Crippen LogP contribution in [0.5, 0.6) is 0 Å². The van der Waals surface area contributed by atoms with Crippen LogP contribution in [0.15, 0.2) is 0 Å². The highest BCUT2D eigenvalue weighted by atomic mass is 32.2. The summed E-state index contributed by atoms with van der Waals surface area (Å²) in [5.41, 5.74) is 0. The van der Waals surface area contributed by atoms with Gasteiger partial charge < -0.3 is 10.6 Å². The molecule has 1 saturated heterocycles. The SMILES string of the molecule is CC1CC(C(=O)NCCC(C)S(C)=O)CCN1. The number of nitrogens with one attached hydrogen (secondary N) is 2. The minimum Gasteiger partial charge on any atom is -0.356 e. The zero-order chi connectivity index (χ0) is 12.8. The number of carbonyl (C=O) groups is 1. The second-order valence-electron chi connectivity index (χ2n) is 4.97. The molecule has 0 aromatic heterocycles. The summed E-state index contributed by atoms with van der Waals surface area (Å²) in [4.78, 5) is 11.9. The molecule has 4 atom stereocenters. The molecule has 1 aliphatic rings. The molecule has 4 unspecified atom stereocenters. The fourth-order valence-electron chi connectivity index (χ4n) is 2.08. The van der Waals surface area contributed by atoms with Crippen LogP contribution in [0.1, 0.15) is 33.1 Å². The molecule has 0 spiro atoms. The van der Waals surface area contributed by atoms with Gasteiger partial charge in [-0.2, -0.15) is 0 Å². The van der Waals surface area contributed by atoms with Crippen LogP contribution in [0.3, 0.4) is 0 Å². The summed E-state index contributed by atoms with van der Waals surface area (Å²) in [7, 11) is -0.797. The van der Waals surface area contributed by atoms with Crippen molar-refractivity contribution in [3.05, 3.63) is 0 Å². The highest BCUT2D eigenvalue weighted by Gasteiger charge is 2.24. The van der Waals surface area contributed by atoms with Crippen LogP contribution >= 0.6 is 0 Å². The Morgan fingerprint density at radius 2 is 2.29 bits per heavy atom. The number of carbonyl (C=O) groups excluding carboxylic acids is 1. The molecule has 0 aromatic carbocycles. The first-order valence-corrected chi connectivity index (χ1v) is 7.96. The van der Waals surface area contributed by atoms with E-state index in [4.69, 9.17) is 0 Å². The Bertz CT molecular complexity index is 284. The molecule has 5 heteroatoms. The van der Waals surface area contributed by atoms with Gasteiger partial charge in [-0.05, 0) is 32.7 Å². The summed E-state index contributed by atoms with van der Waals surface area (Å²) in [6.07, 6.45) is 4.34. The van der Waals surface area contributed by atoms with Gasteiger partial charge in [0, 0.05) is 40.8 Å². The summed E-state index contributed by atoms with van der Waals surface area (Å²) in [6, 6.07) is 0.432. The molecule has 4 nitrogen and oxygen atoms in total. The van der Waals surface area contributed by atoms with Crippen molar-refractivity contribution in [3.8, 4) is 0 Å². The monoisotopic (exact) mass is 260 g/mol. The van der Waals surface area contributed by atoms with Crippen molar-refractivity contribution in [2.24, 2.45) is 5.92 Å². The quantitative estimate of drug-likeness (QED) is 0.763. The van der Waals surface area contributed by atoms with E-state index < -0.39 is 10.8 Å². The van der Waals surface area contributed by atoms with Crippen molar-refractivity contribution < 1.29 is 9.00 Å². The molecule has 17 heavy (non-hydrogen) atoms. The summed E-state index contributed by atoms with van der Waals surface area (Å²) in [5, 5.41) is 6.45. The number of hydrogen-bond acceptors (Lipinski definition) is 3. The standard InChI is InChI=1S/C12H24N2O2S/c1-9-8-11(5-7-13-9)12(15)14-6-4-10(2)17(3)16/h9-11,13H,4-8H2,1-3H3,(H,14,15). The molecule has 100 valence electrons. The number of hydrogen-bond donors (Lipinski definition) is 2. The molecule has 0 saturated carbocycles.